The van der Waals surface area contributed by atoms with Crippen molar-refractivity contribution in [2.24, 2.45) is 0 Å². The zero-order chi connectivity index (χ0) is 19.0. The van der Waals surface area contributed by atoms with Gasteiger partial charge in [0.2, 0.25) is 5.65 Å². The van der Waals surface area contributed by atoms with Crippen LogP contribution in [-0.4, -0.2) is 34.3 Å². The van der Waals surface area contributed by atoms with E-state index in [1.54, 1.807) is 12.3 Å². The van der Waals surface area contributed by atoms with E-state index < -0.39 is 17.7 Å². The van der Waals surface area contributed by atoms with E-state index in [0.717, 1.165) is 18.6 Å². The number of benzene rings is 1. The number of carbonyl (C=O) groups excluding carboxylic acids is 1. The monoisotopic (exact) mass is 373 g/mol. The van der Waals surface area contributed by atoms with Crippen LogP contribution in [0, 0.1) is 11.6 Å². The second-order valence-corrected chi connectivity index (χ2v) is 6.22. The van der Waals surface area contributed by atoms with Crippen molar-refractivity contribution in [2.75, 3.05) is 18.5 Å². The van der Waals surface area contributed by atoms with Crippen LogP contribution in [0.25, 0.3) is 5.65 Å². The van der Waals surface area contributed by atoms with Gasteiger partial charge in [0.15, 0.2) is 5.75 Å². The molecule has 140 valence electrons. The maximum atomic E-state index is 14.3. The molecular formula is C18H17F2N5O2. The highest BCUT2D eigenvalue weighted by Crippen LogP contribution is 2.37. The number of hydrogen-bond donors (Lipinski definition) is 1. The third-order valence-electron chi connectivity index (χ3n) is 4.59. The second-order valence-electron chi connectivity index (χ2n) is 6.22. The molecule has 0 unspecified atom stereocenters. The topological polar surface area (TPSA) is 71.8 Å². The van der Waals surface area contributed by atoms with E-state index in [4.69, 9.17) is 4.74 Å². The highest BCUT2D eigenvalue weighted by atomic mass is 19.1. The summed E-state index contributed by atoms with van der Waals surface area (Å²) < 4.78 is 34.5. The molecule has 0 aliphatic carbocycles. The van der Waals surface area contributed by atoms with Crippen molar-refractivity contribution in [1.29, 1.82) is 0 Å². The lowest BCUT2D eigenvalue weighted by Crippen LogP contribution is -2.25. The zero-order valence-electron chi connectivity index (χ0n) is 14.5. The lowest BCUT2D eigenvalue weighted by atomic mass is 10.0. The van der Waals surface area contributed by atoms with Crippen LogP contribution >= 0.6 is 0 Å². The first-order valence-electron chi connectivity index (χ1n) is 8.52. The Hall–Kier alpha value is -3.23. The molecule has 1 aromatic carbocycles. The fourth-order valence-corrected chi connectivity index (χ4v) is 3.36. The van der Waals surface area contributed by atoms with Gasteiger partial charge in [-0.3, -0.25) is 0 Å². The number of amides is 1. The standard InChI is InChI=1S/C18H17F2N5O2/c1-21-18(26)27-15-10-22-25-8-6-16(23-17(15)25)24-7-2-3-14(24)12-9-11(19)4-5-13(12)20/h4-6,8-10,14H,2-3,7H2,1H3,(H,21,26)/t14-/m1/s1. The zero-order valence-corrected chi connectivity index (χ0v) is 14.5. The second kappa shape index (κ2) is 6.82. The van der Waals surface area contributed by atoms with Crippen LogP contribution in [0.4, 0.5) is 19.4 Å². The molecule has 0 bridgehead atoms. The molecule has 4 rings (SSSR count). The summed E-state index contributed by atoms with van der Waals surface area (Å²) in [5.74, 6) is -0.124. The average molecular weight is 373 g/mol. The molecular weight excluding hydrogens is 356 g/mol. The quantitative estimate of drug-likeness (QED) is 0.764. The molecule has 0 radical (unpaired) electrons. The molecule has 0 spiro atoms. The number of fused-ring (bicyclic) bond motifs is 1. The Kier molecular flexibility index (Phi) is 4.35. The number of ether oxygens (including phenoxy) is 1. The van der Waals surface area contributed by atoms with Crippen molar-refractivity contribution in [2.45, 2.75) is 18.9 Å². The Labute approximate surface area is 153 Å². The maximum Gasteiger partial charge on any atom is 0.412 e. The van der Waals surface area contributed by atoms with Gasteiger partial charge in [-0.25, -0.2) is 23.1 Å². The summed E-state index contributed by atoms with van der Waals surface area (Å²) in [5, 5.41) is 6.46. The number of nitrogens with one attached hydrogen (secondary N) is 1. The first kappa shape index (κ1) is 17.2. The SMILES string of the molecule is CNC(=O)Oc1cnn2ccc(N3CCC[C@@H]3c3cc(F)ccc3F)nc12. The fraction of sp³-hybridized carbons (Fsp3) is 0.278. The van der Waals surface area contributed by atoms with E-state index in [1.165, 1.54) is 23.8 Å². The Balaban J connectivity index is 1.71. The van der Waals surface area contributed by atoms with Gasteiger partial charge in [-0.15, -0.1) is 0 Å². The smallest absolute Gasteiger partial charge is 0.405 e. The van der Waals surface area contributed by atoms with E-state index >= 15 is 0 Å². The predicted molar refractivity (Wildman–Crippen MR) is 93.7 cm³/mol. The van der Waals surface area contributed by atoms with Crippen molar-refractivity contribution < 1.29 is 18.3 Å². The molecule has 1 amide bonds. The molecule has 1 fully saturated rings. The summed E-state index contributed by atoms with van der Waals surface area (Å²) in [6, 6.07) is 4.91. The summed E-state index contributed by atoms with van der Waals surface area (Å²) >= 11 is 0. The summed E-state index contributed by atoms with van der Waals surface area (Å²) in [6.07, 6.45) is 3.97. The van der Waals surface area contributed by atoms with Crippen molar-refractivity contribution in [3.05, 3.63) is 53.9 Å². The number of rotatable bonds is 3. The highest BCUT2D eigenvalue weighted by Gasteiger charge is 2.30. The molecule has 3 heterocycles. The molecule has 1 saturated heterocycles. The maximum absolute atomic E-state index is 14.3. The fourth-order valence-electron chi connectivity index (χ4n) is 3.36. The molecule has 7 nitrogen and oxygen atoms in total. The number of aromatic nitrogens is 3. The molecule has 3 aromatic rings. The third-order valence-corrected chi connectivity index (χ3v) is 4.59. The van der Waals surface area contributed by atoms with Gasteiger partial charge < -0.3 is 15.0 Å². The van der Waals surface area contributed by atoms with Crippen LogP contribution in [0.1, 0.15) is 24.4 Å². The van der Waals surface area contributed by atoms with Crippen LogP contribution in [0.5, 0.6) is 5.75 Å². The van der Waals surface area contributed by atoms with E-state index in [0.29, 0.717) is 30.0 Å². The van der Waals surface area contributed by atoms with E-state index in [1.807, 2.05) is 4.90 Å². The van der Waals surface area contributed by atoms with Crippen LogP contribution < -0.4 is 15.0 Å². The van der Waals surface area contributed by atoms with Gasteiger partial charge in [0.1, 0.15) is 17.5 Å². The van der Waals surface area contributed by atoms with Crippen LogP contribution in [0.15, 0.2) is 36.7 Å². The number of anilines is 1. The molecule has 2 aromatic heterocycles. The van der Waals surface area contributed by atoms with Gasteiger partial charge in [-0.1, -0.05) is 0 Å². The van der Waals surface area contributed by atoms with Gasteiger partial charge in [0.25, 0.3) is 0 Å². The first-order valence-corrected chi connectivity index (χ1v) is 8.52. The van der Waals surface area contributed by atoms with Gasteiger partial charge in [-0.05, 0) is 37.1 Å². The number of carbonyl (C=O) groups is 1. The number of nitrogens with zero attached hydrogens (tertiary/aromatic N) is 4. The van der Waals surface area contributed by atoms with Crippen LogP contribution in [-0.2, 0) is 0 Å². The minimum Gasteiger partial charge on any atom is -0.405 e. The lowest BCUT2D eigenvalue weighted by Gasteiger charge is -2.26. The minimum atomic E-state index is -0.627. The summed E-state index contributed by atoms with van der Waals surface area (Å²) in [5.41, 5.74) is 0.672. The Bertz CT molecular complexity index is 1010. The van der Waals surface area contributed by atoms with E-state index in [9.17, 15) is 13.6 Å². The number of halogens is 2. The van der Waals surface area contributed by atoms with Crippen molar-refractivity contribution in [1.82, 2.24) is 19.9 Å². The Morgan fingerprint density at radius 2 is 2.19 bits per heavy atom. The van der Waals surface area contributed by atoms with Gasteiger partial charge in [0, 0.05) is 25.4 Å². The molecule has 27 heavy (non-hydrogen) atoms. The Morgan fingerprint density at radius 1 is 1.33 bits per heavy atom. The molecule has 1 aliphatic rings. The highest BCUT2D eigenvalue weighted by molar-refractivity contribution is 5.73. The Morgan fingerprint density at radius 3 is 3.00 bits per heavy atom. The molecule has 1 N–H and O–H groups in total. The van der Waals surface area contributed by atoms with E-state index in [-0.39, 0.29) is 11.8 Å². The largest absolute Gasteiger partial charge is 0.412 e. The first-order chi connectivity index (χ1) is 13.1. The van der Waals surface area contributed by atoms with Gasteiger partial charge in [0.05, 0.1) is 12.2 Å². The summed E-state index contributed by atoms with van der Waals surface area (Å²) in [7, 11) is 1.45. The minimum absolute atomic E-state index is 0.212. The average Bonchev–Trinajstić information content (AvgIpc) is 3.30. The van der Waals surface area contributed by atoms with Crippen molar-refractivity contribution in [3.63, 3.8) is 0 Å². The lowest BCUT2D eigenvalue weighted by molar-refractivity contribution is 0.203. The summed E-state index contributed by atoms with van der Waals surface area (Å²) in [4.78, 5) is 17.9. The normalized spacial score (nSPS) is 16.7. The van der Waals surface area contributed by atoms with E-state index in [2.05, 4.69) is 15.4 Å². The predicted octanol–water partition coefficient (Wildman–Crippen LogP) is 3.07. The number of hydrogen-bond acceptors (Lipinski definition) is 5. The van der Waals surface area contributed by atoms with Crippen molar-refractivity contribution in [3.8, 4) is 5.75 Å². The van der Waals surface area contributed by atoms with Gasteiger partial charge >= 0.3 is 6.09 Å². The molecule has 9 heteroatoms. The molecule has 0 saturated carbocycles. The van der Waals surface area contributed by atoms with Crippen LogP contribution in [0.2, 0.25) is 0 Å². The summed E-state index contributed by atoms with van der Waals surface area (Å²) in [6.45, 7) is 0.656. The third kappa shape index (κ3) is 3.16. The van der Waals surface area contributed by atoms with Gasteiger partial charge in [-0.2, -0.15) is 5.10 Å². The molecule has 1 aliphatic heterocycles. The van der Waals surface area contributed by atoms with Crippen LogP contribution in [0.3, 0.4) is 0 Å². The molecule has 1 atom stereocenters. The van der Waals surface area contributed by atoms with Crippen molar-refractivity contribution >= 4 is 17.6 Å².